The zero-order valence-corrected chi connectivity index (χ0v) is 12.7. The molecule has 0 radical (unpaired) electrons. The maximum atomic E-state index is 11.7. The zero-order valence-electron chi connectivity index (χ0n) is 11.8. The number of nitrogens with one attached hydrogen (secondary N) is 1. The van der Waals surface area contributed by atoms with Crippen LogP contribution in [0.5, 0.6) is 0 Å². The molecule has 1 saturated carbocycles. The Bertz CT molecular complexity index is 336. The first-order valence-electron chi connectivity index (χ1n) is 6.76. The summed E-state index contributed by atoms with van der Waals surface area (Å²) in [6.07, 6.45) is 1.92. The molecular weight excluding hydrogens is 266 g/mol. The molecule has 0 aromatic heterocycles. The first-order valence-corrected chi connectivity index (χ1v) is 7.28. The van der Waals surface area contributed by atoms with E-state index in [0.29, 0.717) is 13.2 Å². The van der Waals surface area contributed by atoms with Gasteiger partial charge in [0.25, 0.3) is 0 Å². The number of thiol groups is 1. The molecule has 110 valence electrons. The molecule has 6 heteroatoms. The van der Waals surface area contributed by atoms with E-state index < -0.39 is 11.4 Å². The van der Waals surface area contributed by atoms with Gasteiger partial charge in [-0.25, -0.2) is 4.79 Å². The highest BCUT2D eigenvalue weighted by molar-refractivity contribution is 7.81. The number of hydrogen-bond donors (Lipinski definition) is 2. The number of hydrogen-bond acceptors (Lipinski definition) is 5. The third-order valence-electron chi connectivity index (χ3n) is 3.35. The van der Waals surface area contributed by atoms with E-state index in [1.807, 2.05) is 20.8 Å². The quantitative estimate of drug-likeness (QED) is 0.726. The molecule has 1 spiro atoms. The van der Waals surface area contributed by atoms with Crippen molar-refractivity contribution in [2.75, 3.05) is 13.2 Å². The third-order valence-corrected chi connectivity index (χ3v) is 3.96. The van der Waals surface area contributed by atoms with E-state index in [1.54, 1.807) is 0 Å². The molecule has 2 rings (SSSR count). The highest BCUT2D eigenvalue weighted by Gasteiger charge is 2.47. The van der Waals surface area contributed by atoms with Gasteiger partial charge >= 0.3 is 6.09 Å². The maximum Gasteiger partial charge on any atom is 0.407 e. The van der Waals surface area contributed by atoms with Gasteiger partial charge in [0.05, 0.1) is 18.5 Å². The molecule has 2 fully saturated rings. The predicted molar refractivity (Wildman–Crippen MR) is 74.4 cm³/mol. The molecule has 1 aliphatic carbocycles. The number of ether oxygens (including phenoxy) is 3. The molecule has 0 aromatic rings. The molecule has 0 unspecified atom stereocenters. The summed E-state index contributed by atoms with van der Waals surface area (Å²) < 4.78 is 16.6. The Morgan fingerprint density at radius 2 is 2.00 bits per heavy atom. The van der Waals surface area contributed by atoms with Crippen LogP contribution in [0.4, 0.5) is 4.79 Å². The van der Waals surface area contributed by atoms with Crippen molar-refractivity contribution < 1.29 is 19.0 Å². The van der Waals surface area contributed by atoms with E-state index in [-0.39, 0.29) is 17.4 Å². The largest absolute Gasteiger partial charge is 0.444 e. The van der Waals surface area contributed by atoms with Gasteiger partial charge in [-0.3, -0.25) is 0 Å². The van der Waals surface area contributed by atoms with Crippen molar-refractivity contribution in [2.24, 2.45) is 0 Å². The fourth-order valence-corrected chi connectivity index (χ4v) is 3.05. The number of rotatable bonds is 1. The lowest BCUT2D eigenvalue weighted by Gasteiger charge is -2.40. The average molecular weight is 289 g/mol. The van der Waals surface area contributed by atoms with Crippen LogP contribution < -0.4 is 5.32 Å². The van der Waals surface area contributed by atoms with Crippen LogP contribution in [0.2, 0.25) is 0 Å². The molecule has 0 bridgehead atoms. The molecule has 1 aliphatic heterocycles. The Balaban J connectivity index is 1.83. The van der Waals surface area contributed by atoms with Crippen molar-refractivity contribution in [1.29, 1.82) is 0 Å². The van der Waals surface area contributed by atoms with Gasteiger partial charge in [-0.15, -0.1) is 0 Å². The fraction of sp³-hybridized carbons (Fsp3) is 0.923. The predicted octanol–water partition coefficient (Wildman–Crippen LogP) is 2.11. The Hall–Kier alpha value is -0.460. The van der Waals surface area contributed by atoms with Crippen LogP contribution >= 0.6 is 12.6 Å². The van der Waals surface area contributed by atoms with E-state index in [0.717, 1.165) is 19.3 Å². The second-order valence-corrected chi connectivity index (χ2v) is 6.77. The van der Waals surface area contributed by atoms with E-state index in [1.165, 1.54) is 0 Å². The third kappa shape index (κ3) is 3.77. The van der Waals surface area contributed by atoms with E-state index in [4.69, 9.17) is 14.2 Å². The molecule has 1 amide bonds. The van der Waals surface area contributed by atoms with Crippen LogP contribution in [-0.2, 0) is 14.2 Å². The van der Waals surface area contributed by atoms with Gasteiger partial charge in [-0.2, -0.15) is 12.6 Å². The second-order valence-electron chi connectivity index (χ2n) is 6.14. The molecule has 2 aliphatic rings. The van der Waals surface area contributed by atoms with Gasteiger partial charge in [0, 0.05) is 12.5 Å². The minimum absolute atomic E-state index is 0.0244. The summed E-state index contributed by atoms with van der Waals surface area (Å²) in [6, 6.07) is 0.0655. The lowest BCUT2D eigenvalue weighted by Crippen LogP contribution is -2.51. The number of alkyl carbamates (subject to hydrolysis) is 1. The fourth-order valence-electron chi connectivity index (χ4n) is 2.52. The SMILES string of the molecule is CC(C)(C)OC(=O)N[C@@H]1CCC2(OCCO2)[C@H](S)C1. The number of carbonyl (C=O) groups excluding carboxylic acids is 1. The maximum absolute atomic E-state index is 11.7. The summed E-state index contributed by atoms with van der Waals surface area (Å²) in [5.41, 5.74) is -0.474. The summed E-state index contributed by atoms with van der Waals surface area (Å²) in [6.45, 7) is 6.81. The lowest BCUT2D eigenvalue weighted by atomic mass is 9.89. The highest BCUT2D eigenvalue weighted by Crippen LogP contribution is 2.39. The molecule has 1 saturated heterocycles. The minimum atomic E-state index is -0.546. The molecule has 2 atom stereocenters. The van der Waals surface area contributed by atoms with E-state index in [9.17, 15) is 4.79 Å². The number of carbonyl (C=O) groups is 1. The summed E-state index contributed by atoms with van der Waals surface area (Å²) in [7, 11) is 0. The van der Waals surface area contributed by atoms with Crippen molar-refractivity contribution in [1.82, 2.24) is 5.32 Å². The van der Waals surface area contributed by atoms with Crippen LogP contribution in [0.1, 0.15) is 40.0 Å². The highest BCUT2D eigenvalue weighted by atomic mass is 32.1. The van der Waals surface area contributed by atoms with Gasteiger partial charge < -0.3 is 19.5 Å². The Kier molecular flexibility index (Phi) is 4.32. The van der Waals surface area contributed by atoms with Crippen LogP contribution in [0.25, 0.3) is 0 Å². The van der Waals surface area contributed by atoms with E-state index >= 15 is 0 Å². The lowest BCUT2D eigenvalue weighted by molar-refractivity contribution is -0.173. The van der Waals surface area contributed by atoms with Crippen molar-refractivity contribution >= 4 is 18.7 Å². The van der Waals surface area contributed by atoms with Gasteiger partial charge in [-0.1, -0.05) is 0 Å². The molecule has 19 heavy (non-hydrogen) atoms. The van der Waals surface area contributed by atoms with Crippen molar-refractivity contribution in [3.63, 3.8) is 0 Å². The first kappa shape index (κ1) is 14.9. The molecular formula is C13H23NO4S. The molecule has 1 N–H and O–H groups in total. The topological polar surface area (TPSA) is 56.8 Å². The van der Waals surface area contributed by atoms with Crippen molar-refractivity contribution in [3.8, 4) is 0 Å². The number of amides is 1. The summed E-state index contributed by atoms with van der Waals surface area (Å²) in [4.78, 5) is 11.7. The zero-order chi connectivity index (χ0) is 14.1. The molecule has 0 aromatic carbocycles. The monoisotopic (exact) mass is 289 g/mol. The summed E-state index contributed by atoms with van der Waals surface area (Å²) >= 11 is 4.57. The molecule has 1 heterocycles. The normalized spacial score (nSPS) is 30.3. The summed E-state index contributed by atoms with van der Waals surface area (Å²) in [5.74, 6) is -0.546. The smallest absolute Gasteiger partial charge is 0.407 e. The van der Waals surface area contributed by atoms with Gasteiger partial charge in [0.2, 0.25) is 0 Å². The standard InChI is InChI=1S/C13H23NO4S/c1-12(2,3)18-11(15)14-9-4-5-13(10(19)8-9)16-6-7-17-13/h9-10,19H,4-8H2,1-3H3,(H,14,15)/t9-,10-/m1/s1. The minimum Gasteiger partial charge on any atom is -0.444 e. The average Bonchev–Trinajstić information content (AvgIpc) is 2.71. The second kappa shape index (κ2) is 5.50. The van der Waals surface area contributed by atoms with Crippen LogP contribution in [0, 0.1) is 0 Å². The van der Waals surface area contributed by atoms with Crippen molar-refractivity contribution in [2.45, 2.75) is 62.7 Å². The Morgan fingerprint density at radius 1 is 1.37 bits per heavy atom. The van der Waals surface area contributed by atoms with Gasteiger partial charge in [0.15, 0.2) is 5.79 Å². The Morgan fingerprint density at radius 3 is 2.53 bits per heavy atom. The van der Waals surface area contributed by atoms with Crippen LogP contribution in [0.15, 0.2) is 0 Å². The van der Waals surface area contributed by atoms with Gasteiger partial charge in [-0.05, 0) is 33.6 Å². The summed E-state index contributed by atoms with van der Waals surface area (Å²) in [5, 5.41) is 2.87. The van der Waals surface area contributed by atoms with Crippen molar-refractivity contribution in [3.05, 3.63) is 0 Å². The van der Waals surface area contributed by atoms with Crippen LogP contribution in [-0.4, -0.2) is 42.0 Å². The van der Waals surface area contributed by atoms with Gasteiger partial charge in [0.1, 0.15) is 5.60 Å². The first-order chi connectivity index (χ1) is 8.81. The van der Waals surface area contributed by atoms with Crippen LogP contribution in [0.3, 0.4) is 0 Å². The van der Waals surface area contributed by atoms with E-state index in [2.05, 4.69) is 17.9 Å². The molecule has 5 nitrogen and oxygen atoms in total. The Labute approximate surface area is 119 Å².